The summed E-state index contributed by atoms with van der Waals surface area (Å²) in [4.78, 5) is 5.09. The zero-order valence-electron chi connectivity index (χ0n) is 14.3. The molecule has 0 fully saturated rings. The number of thiophene rings is 1. The second-order valence-corrected chi connectivity index (χ2v) is 8.08. The molecule has 7 nitrogen and oxygen atoms in total. The lowest BCUT2D eigenvalue weighted by atomic mass is 10.3. The van der Waals surface area contributed by atoms with Crippen LogP contribution in [0.1, 0.15) is 18.7 Å². The lowest BCUT2D eigenvalue weighted by molar-refractivity contribution is 0.208. The van der Waals surface area contributed by atoms with E-state index in [2.05, 4.69) is 10.3 Å². The van der Waals surface area contributed by atoms with E-state index < -0.39 is 10.0 Å². The SMILES string of the molecule is CCN(CC)S(=O)(=O)c1ccc(CCNC(N)=NCCOC)s1.I. The normalized spacial score (nSPS) is 12.2. The molecule has 0 atom stereocenters. The molecule has 140 valence electrons. The van der Waals surface area contributed by atoms with Gasteiger partial charge in [0.2, 0.25) is 0 Å². The lowest BCUT2D eigenvalue weighted by Crippen LogP contribution is -2.33. The van der Waals surface area contributed by atoms with Gasteiger partial charge in [0.25, 0.3) is 10.0 Å². The molecule has 0 aliphatic carbocycles. The molecule has 0 amide bonds. The Morgan fingerprint density at radius 3 is 2.62 bits per heavy atom. The maximum atomic E-state index is 12.4. The minimum atomic E-state index is -3.37. The molecule has 0 saturated heterocycles. The fourth-order valence-electron chi connectivity index (χ4n) is 1.95. The van der Waals surface area contributed by atoms with Gasteiger partial charge in [0.15, 0.2) is 5.96 Å². The van der Waals surface area contributed by atoms with E-state index >= 15 is 0 Å². The van der Waals surface area contributed by atoms with E-state index in [4.69, 9.17) is 10.5 Å². The highest BCUT2D eigenvalue weighted by Gasteiger charge is 2.23. The molecule has 0 bridgehead atoms. The molecule has 0 radical (unpaired) electrons. The van der Waals surface area contributed by atoms with Crippen LogP contribution in [0.15, 0.2) is 21.3 Å². The van der Waals surface area contributed by atoms with Crippen LogP contribution in [0.2, 0.25) is 0 Å². The molecule has 0 saturated carbocycles. The summed E-state index contributed by atoms with van der Waals surface area (Å²) in [5.41, 5.74) is 5.71. The zero-order valence-corrected chi connectivity index (χ0v) is 18.3. The zero-order chi connectivity index (χ0) is 17.3. The summed E-state index contributed by atoms with van der Waals surface area (Å²) in [6.07, 6.45) is 0.693. The number of guanidine groups is 1. The number of hydrogen-bond acceptors (Lipinski definition) is 5. The van der Waals surface area contributed by atoms with E-state index in [-0.39, 0.29) is 24.0 Å². The van der Waals surface area contributed by atoms with Gasteiger partial charge < -0.3 is 15.8 Å². The highest BCUT2D eigenvalue weighted by atomic mass is 127. The molecule has 0 aromatic carbocycles. The number of nitrogens with one attached hydrogen (secondary N) is 1. The number of nitrogens with two attached hydrogens (primary N) is 1. The Morgan fingerprint density at radius 2 is 2.04 bits per heavy atom. The standard InChI is InChI=1S/C14H26N4O3S2.HI/c1-4-18(5-2)23(19,20)13-7-6-12(22-13)8-9-16-14(15)17-10-11-21-3;/h6-7H,4-5,8-11H2,1-3H3,(H3,15,16,17);1H. The van der Waals surface area contributed by atoms with E-state index in [1.165, 1.54) is 15.6 Å². The van der Waals surface area contributed by atoms with Gasteiger partial charge in [0.1, 0.15) is 4.21 Å². The van der Waals surface area contributed by atoms with Gasteiger partial charge in [-0.15, -0.1) is 35.3 Å². The van der Waals surface area contributed by atoms with Crippen molar-refractivity contribution in [1.82, 2.24) is 9.62 Å². The first-order chi connectivity index (χ1) is 11.0. The van der Waals surface area contributed by atoms with E-state index in [0.717, 1.165) is 4.88 Å². The first-order valence-electron chi connectivity index (χ1n) is 7.57. The van der Waals surface area contributed by atoms with Crippen molar-refractivity contribution in [2.75, 3.05) is 39.9 Å². The molecular formula is C14H27IN4O3S2. The fourth-order valence-corrected chi connectivity index (χ4v) is 4.92. The third kappa shape index (κ3) is 7.21. The van der Waals surface area contributed by atoms with Crippen LogP contribution in [-0.2, 0) is 21.2 Å². The fraction of sp³-hybridized carbons (Fsp3) is 0.643. The van der Waals surface area contributed by atoms with Gasteiger partial charge >= 0.3 is 0 Å². The molecule has 0 aliphatic rings. The number of methoxy groups -OCH3 is 1. The number of ether oxygens (including phenoxy) is 1. The number of aliphatic imine (C=N–C) groups is 1. The van der Waals surface area contributed by atoms with Gasteiger partial charge in [-0.2, -0.15) is 4.31 Å². The van der Waals surface area contributed by atoms with E-state index in [1.807, 2.05) is 19.9 Å². The van der Waals surface area contributed by atoms with Gasteiger partial charge in [-0.25, -0.2) is 8.42 Å². The number of hydrogen-bond donors (Lipinski definition) is 2. The second kappa shape index (κ2) is 12.0. The van der Waals surface area contributed by atoms with Crippen LogP contribution in [-0.4, -0.2) is 58.6 Å². The summed E-state index contributed by atoms with van der Waals surface area (Å²) in [7, 11) is -1.76. The number of sulfonamides is 1. The molecule has 0 spiro atoms. The first-order valence-corrected chi connectivity index (χ1v) is 9.82. The van der Waals surface area contributed by atoms with Crippen LogP contribution in [0.3, 0.4) is 0 Å². The second-order valence-electron chi connectivity index (χ2n) is 4.75. The summed E-state index contributed by atoms with van der Waals surface area (Å²) < 4.78 is 31.5. The Labute approximate surface area is 165 Å². The molecule has 10 heteroatoms. The minimum Gasteiger partial charge on any atom is -0.383 e. The Bertz CT molecular complexity index is 601. The van der Waals surface area contributed by atoms with E-state index in [0.29, 0.717) is 49.4 Å². The van der Waals surface area contributed by atoms with Gasteiger partial charge in [-0.3, -0.25) is 4.99 Å². The average molecular weight is 490 g/mol. The van der Waals surface area contributed by atoms with Gasteiger partial charge in [-0.05, 0) is 18.6 Å². The predicted molar refractivity (Wildman–Crippen MR) is 110 cm³/mol. The van der Waals surface area contributed by atoms with Crippen LogP contribution in [0.25, 0.3) is 0 Å². The Kier molecular flexibility index (Phi) is 11.8. The van der Waals surface area contributed by atoms with Gasteiger partial charge in [0.05, 0.1) is 13.2 Å². The van der Waals surface area contributed by atoms with Crippen LogP contribution < -0.4 is 11.1 Å². The van der Waals surface area contributed by atoms with Crippen molar-refractivity contribution < 1.29 is 13.2 Å². The highest BCUT2D eigenvalue weighted by molar-refractivity contribution is 14.0. The maximum absolute atomic E-state index is 12.4. The molecule has 3 N–H and O–H groups in total. The summed E-state index contributed by atoms with van der Waals surface area (Å²) in [6, 6.07) is 3.52. The number of nitrogens with zero attached hydrogens (tertiary/aromatic N) is 2. The average Bonchev–Trinajstić information content (AvgIpc) is 2.98. The molecule has 0 aliphatic heterocycles. The molecule has 1 rings (SSSR count). The number of rotatable bonds is 10. The quantitative estimate of drug-likeness (QED) is 0.224. The van der Waals surface area contributed by atoms with E-state index in [9.17, 15) is 8.42 Å². The van der Waals surface area contributed by atoms with Crippen molar-refractivity contribution in [3.8, 4) is 0 Å². The largest absolute Gasteiger partial charge is 0.383 e. The van der Waals surface area contributed by atoms with Crippen molar-refractivity contribution >= 4 is 51.3 Å². The van der Waals surface area contributed by atoms with Crippen molar-refractivity contribution in [3.63, 3.8) is 0 Å². The predicted octanol–water partition coefficient (Wildman–Crippen LogP) is 1.49. The summed E-state index contributed by atoms with van der Waals surface area (Å²) in [5, 5.41) is 3.00. The topological polar surface area (TPSA) is 97.0 Å². The van der Waals surface area contributed by atoms with Crippen LogP contribution >= 0.6 is 35.3 Å². The van der Waals surface area contributed by atoms with Crippen LogP contribution in [0.4, 0.5) is 0 Å². The summed E-state index contributed by atoms with van der Waals surface area (Å²) >= 11 is 1.30. The van der Waals surface area contributed by atoms with Gasteiger partial charge in [0, 0.05) is 31.6 Å². The monoisotopic (exact) mass is 490 g/mol. The molecule has 24 heavy (non-hydrogen) atoms. The third-order valence-electron chi connectivity index (χ3n) is 3.19. The summed E-state index contributed by atoms with van der Waals surface area (Å²) in [5.74, 6) is 0.370. The third-order valence-corrected chi connectivity index (χ3v) is 6.85. The minimum absolute atomic E-state index is 0. The highest BCUT2D eigenvalue weighted by Crippen LogP contribution is 2.25. The first kappa shape index (κ1) is 23.6. The summed E-state index contributed by atoms with van der Waals surface area (Å²) in [6.45, 7) is 6.27. The molecule has 0 unspecified atom stereocenters. The molecule has 1 aromatic heterocycles. The Balaban J connectivity index is 0.00000529. The molecule has 1 aromatic rings. The van der Waals surface area contributed by atoms with Gasteiger partial charge in [-0.1, -0.05) is 13.8 Å². The van der Waals surface area contributed by atoms with Crippen LogP contribution in [0.5, 0.6) is 0 Å². The molecule has 1 heterocycles. The Hall–Kier alpha value is -0.430. The van der Waals surface area contributed by atoms with Crippen molar-refractivity contribution in [2.24, 2.45) is 10.7 Å². The van der Waals surface area contributed by atoms with Crippen molar-refractivity contribution in [2.45, 2.75) is 24.5 Å². The number of halogens is 1. The maximum Gasteiger partial charge on any atom is 0.252 e. The lowest BCUT2D eigenvalue weighted by Gasteiger charge is -2.16. The van der Waals surface area contributed by atoms with Crippen molar-refractivity contribution in [1.29, 1.82) is 0 Å². The van der Waals surface area contributed by atoms with E-state index in [1.54, 1.807) is 13.2 Å². The smallest absolute Gasteiger partial charge is 0.252 e. The Morgan fingerprint density at radius 1 is 1.38 bits per heavy atom. The van der Waals surface area contributed by atoms with Crippen LogP contribution in [0, 0.1) is 0 Å². The molecular weight excluding hydrogens is 463 g/mol. The van der Waals surface area contributed by atoms with Crippen molar-refractivity contribution in [3.05, 3.63) is 17.0 Å².